The van der Waals surface area contributed by atoms with E-state index in [1.165, 1.54) is 6.92 Å². The van der Waals surface area contributed by atoms with Crippen LogP contribution >= 0.6 is 0 Å². The van der Waals surface area contributed by atoms with Crippen LogP contribution in [0.15, 0.2) is 48.6 Å². The molecule has 2 fully saturated rings. The van der Waals surface area contributed by atoms with E-state index < -0.39 is 84.8 Å². The molecule has 13 heteroatoms. The Morgan fingerprint density at radius 2 is 1.63 bits per heavy atom. The van der Waals surface area contributed by atoms with Crippen molar-refractivity contribution in [3.63, 3.8) is 0 Å². The number of fused-ring (bicyclic) bond motifs is 2. The van der Waals surface area contributed by atoms with Gasteiger partial charge in [0.25, 0.3) is 0 Å². The van der Waals surface area contributed by atoms with Crippen molar-refractivity contribution >= 4 is 11.8 Å². The maximum absolute atomic E-state index is 12.8. The number of aliphatic hydroxyl groups excluding tert-OH is 5. The number of cyclic esters (lactones) is 1. The highest BCUT2D eigenvalue weighted by Crippen LogP contribution is 2.37. The monoisotopic (exact) mass is 723 g/mol. The third-order valence-corrected chi connectivity index (χ3v) is 10.0. The Hall–Kier alpha value is -2.30. The number of rotatable bonds is 4. The van der Waals surface area contributed by atoms with Gasteiger partial charge in [0.1, 0.15) is 18.0 Å². The number of ketones is 1. The van der Waals surface area contributed by atoms with Crippen molar-refractivity contribution in [2.24, 2.45) is 17.6 Å². The topological polar surface area (TPSA) is 218 Å². The summed E-state index contributed by atoms with van der Waals surface area (Å²) < 4.78 is 23.7. The minimum atomic E-state index is -1.87. The van der Waals surface area contributed by atoms with Gasteiger partial charge in [0.2, 0.25) is 0 Å². The van der Waals surface area contributed by atoms with Crippen LogP contribution in [0.2, 0.25) is 0 Å². The molecule has 0 aromatic rings. The number of esters is 1. The van der Waals surface area contributed by atoms with E-state index in [4.69, 9.17) is 24.7 Å². The Morgan fingerprint density at radius 3 is 2.33 bits per heavy atom. The number of hydrogen-bond acceptors (Lipinski definition) is 13. The molecule has 2 saturated heterocycles. The molecule has 3 heterocycles. The standard InChI is InChI=1S/C38H61NO12/c1-5-14-28-17-11-9-7-6-8-10-12-18-29(50-37-35(45)33(39)34(44)25(4)48-37)20-32-23(2)31(43)22-38(47,51-32)21-27(41)16-13-15-26(40)19-30(42)24(3)36(46)49-28/h6-12,18,23-25,27-35,37,41-45,47H,5,13-17,19-22,39H2,1-4H3/b7-6+,10-8+,11-9+,18-12+/t23-,24+,25?,27+,28-,29+,30-,31?,32?,33?,34?,35?,37?,38-/m1/s1. The summed E-state index contributed by atoms with van der Waals surface area (Å²) in [7, 11) is 0. The molecule has 0 saturated carbocycles. The number of aliphatic hydroxyl groups is 6. The lowest BCUT2D eigenvalue weighted by molar-refractivity contribution is -0.308. The number of Topliss-reactive ketones (excluding diaryl/α,β-unsaturated/α-hetero) is 1. The van der Waals surface area contributed by atoms with Gasteiger partial charge in [-0.25, -0.2) is 0 Å². The van der Waals surface area contributed by atoms with E-state index in [1.807, 2.05) is 25.2 Å². The van der Waals surface area contributed by atoms with Crippen molar-refractivity contribution in [1.82, 2.24) is 0 Å². The van der Waals surface area contributed by atoms with Gasteiger partial charge in [-0.3, -0.25) is 9.59 Å². The minimum Gasteiger partial charge on any atom is -0.462 e. The Balaban J connectivity index is 1.84. The highest BCUT2D eigenvalue weighted by Gasteiger charge is 2.47. The van der Waals surface area contributed by atoms with Crippen LogP contribution in [0.1, 0.15) is 91.9 Å². The van der Waals surface area contributed by atoms with Gasteiger partial charge in [-0.1, -0.05) is 68.9 Å². The first kappa shape index (κ1) is 43.1. The number of ether oxygens (including phenoxy) is 4. The molecule has 51 heavy (non-hydrogen) atoms. The van der Waals surface area contributed by atoms with Gasteiger partial charge in [0.15, 0.2) is 12.1 Å². The third-order valence-electron chi connectivity index (χ3n) is 10.0. The molecule has 3 aliphatic heterocycles. The second kappa shape index (κ2) is 20.8. The van der Waals surface area contributed by atoms with Crippen LogP contribution in [0.5, 0.6) is 0 Å². The zero-order valence-corrected chi connectivity index (χ0v) is 30.4. The molecule has 0 amide bonds. The van der Waals surface area contributed by atoms with E-state index in [9.17, 15) is 40.2 Å². The summed E-state index contributed by atoms with van der Waals surface area (Å²) >= 11 is 0. The van der Waals surface area contributed by atoms with Gasteiger partial charge in [-0.05, 0) is 33.1 Å². The van der Waals surface area contributed by atoms with E-state index in [2.05, 4.69) is 0 Å². The molecule has 290 valence electrons. The minimum absolute atomic E-state index is 0.0580. The van der Waals surface area contributed by atoms with E-state index in [0.717, 1.165) is 6.42 Å². The summed E-state index contributed by atoms with van der Waals surface area (Å²) in [5.74, 6) is -4.03. The molecule has 8 N–H and O–H groups in total. The molecule has 2 bridgehead atoms. The molecular weight excluding hydrogens is 662 g/mol. The summed E-state index contributed by atoms with van der Waals surface area (Å²) in [6.45, 7) is 6.94. The molecule has 3 rings (SSSR count). The number of nitrogens with two attached hydrogens (primary N) is 1. The lowest BCUT2D eigenvalue weighted by Crippen LogP contribution is -2.61. The van der Waals surface area contributed by atoms with Gasteiger partial charge >= 0.3 is 5.97 Å². The van der Waals surface area contributed by atoms with Crippen LogP contribution in [0.25, 0.3) is 0 Å². The first-order chi connectivity index (χ1) is 24.1. The van der Waals surface area contributed by atoms with Crippen LogP contribution in [-0.4, -0.2) is 115 Å². The van der Waals surface area contributed by atoms with Gasteiger partial charge in [0, 0.05) is 44.4 Å². The second-order valence-corrected chi connectivity index (χ2v) is 14.4. The first-order valence-electron chi connectivity index (χ1n) is 18.4. The Labute approximate surface area is 301 Å². The van der Waals surface area contributed by atoms with Gasteiger partial charge in [-0.2, -0.15) is 0 Å². The number of carbonyl (C=O) groups is 2. The average Bonchev–Trinajstić information content (AvgIpc) is 3.06. The Morgan fingerprint density at radius 1 is 0.941 bits per heavy atom. The predicted octanol–water partition coefficient (Wildman–Crippen LogP) is 2.25. The van der Waals surface area contributed by atoms with Crippen LogP contribution in [-0.2, 0) is 28.5 Å². The van der Waals surface area contributed by atoms with E-state index in [1.54, 1.807) is 44.2 Å². The molecule has 0 aromatic carbocycles. The molecule has 3 aliphatic rings. The molecule has 13 nitrogen and oxygen atoms in total. The molecular formula is C38H61NO12. The van der Waals surface area contributed by atoms with Crippen LogP contribution in [0, 0.1) is 11.8 Å². The second-order valence-electron chi connectivity index (χ2n) is 14.4. The summed E-state index contributed by atoms with van der Waals surface area (Å²) in [5, 5.41) is 64.8. The molecule has 0 radical (unpaired) electrons. The Kier molecular flexibility index (Phi) is 17.6. The smallest absolute Gasteiger partial charge is 0.311 e. The molecule has 0 spiro atoms. The van der Waals surface area contributed by atoms with Gasteiger partial charge < -0.3 is 55.3 Å². The molecule has 0 aliphatic carbocycles. The number of carbonyl (C=O) groups excluding carboxylic acids is 2. The van der Waals surface area contributed by atoms with Crippen molar-refractivity contribution in [3.8, 4) is 0 Å². The highest BCUT2D eigenvalue weighted by atomic mass is 16.7. The predicted molar refractivity (Wildman–Crippen MR) is 189 cm³/mol. The van der Waals surface area contributed by atoms with E-state index >= 15 is 0 Å². The largest absolute Gasteiger partial charge is 0.462 e. The Bertz CT molecular complexity index is 1210. The maximum atomic E-state index is 12.8. The lowest BCUT2D eigenvalue weighted by atomic mass is 9.84. The van der Waals surface area contributed by atoms with Crippen molar-refractivity contribution in [2.75, 3.05) is 0 Å². The van der Waals surface area contributed by atoms with E-state index in [0.29, 0.717) is 12.8 Å². The SMILES string of the molecule is CCC[C@@H]1C/C=C/C=C/C=C/C=C/[C@H](OC2OC(C)C(O)C(N)C2O)CC2O[C@@](O)(CC(O)[C@H]2C)C[C@@H](O)CCCC(=O)C[C@@H](O)[C@H](C)C(=O)O1. The van der Waals surface area contributed by atoms with Crippen molar-refractivity contribution < 1.29 is 59.2 Å². The van der Waals surface area contributed by atoms with Gasteiger partial charge in [0.05, 0.1) is 54.7 Å². The fourth-order valence-electron chi connectivity index (χ4n) is 6.60. The average molecular weight is 724 g/mol. The number of allylic oxidation sites excluding steroid dienone is 6. The highest BCUT2D eigenvalue weighted by molar-refractivity contribution is 5.80. The van der Waals surface area contributed by atoms with Crippen molar-refractivity contribution in [3.05, 3.63) is 48.6 Å². The van der Waals surface area contributed by atoms with Crippen molar-refractivity contribution in [2.45, 2.75) is 165 Å². The van der Waals surface area contributed by atoms with Crippen LogP contribution < -0.4 is 5.73 Å². The molecule has 0 aromatic heterocycles. The fourth-order valence-corrected chi connectivity index (χ4v) is 6.60. The summed E-state index contributed by atoms with van der Waals surface area (Å²) in [5.41, 5.74) is 6.03. The van der Waals surface area contributed by atoms with Crippen LogP contribution in [0.4, 0.5) is 0 Å². The molecule has 7 unspecified atom stereocenters. The lowest BCUT2D eigenvalue weighted by Gasteiger charge is -2.45. The maximum Gasteiger partial charge on any atom is 0.311 e. The van der Waals surface area contributed by atoms with Gasteiger partial charge in [-0.15, -0.1) is 0 Å². The summed E-state index contributed by atoms with van der Waals surface area (Å²) in [6.07, 6.45) is 6.96. The molecule has 14 atom stereocenters. The fraction of sp³-hybridized carbons (Fsp3) is 0.737. The van der Waals surface area contributed by atoms with Crippen LogP contribution in [0.3, 0.4) is 0 Å². The summed E-state index contributed by atoms with van der Waals surface area (Å²) in [6, 6.07) is -1.00. The summed E-state index contributed by atoms with van der Waals surface area (Å²) in [4.78, 5) is 25.5. The zero-order chi connectivity index (χ0) is 37.7. The zero-order valence-electron chi connectivity index (χ0n) is 30.4. The quantitative estimate of drug-likeness (QED) is 0.207. The van der Waals surface area contributed by atoms with Crippen molar-refractivity contribution in [1.29, 1.82) is 0 Å². The third kappa shape index (κ3) is 13.6. The van der Waals surface area contributed by atoms with E-state index in [-0.39, 0.29) is 56.8 Å². The normalized spacial score (nSPS) is 44.2. The number of hydrogen-bond donors (Lipinski definition) is 7. The first-order valence-corrected chi connectivity index (χ1v) is 18.4.